The third-order valence-corrected chi connectivity index (χ3v) is 4.50. The maximum absolute atomic E-state index is 3.66. The molecule has 1 saturated heterocycles. The highest BCUT2D eigenvalue weighted by molar-refractivity contribution is 4.83. The topological polar surface area (TPSA) is 15.3 Å². The molecule has 1 aliphatic heterocycles. The summed E-state index contributed by atoms with van der Waals surface area (Å²) in [7, 11) is 0. The predicted molar refractivity (Wildman–Crippen MR) is 69.7 cm³/mol. The Morgan fingerprint density at radius 3 is 2.75 bits per heavy atom. The summed E-state index contributed by atoms with van der Waals surface area (Å²) >= 11 is 0. The van der Waals surface area contributed by atoms with E-state index in [0.29, 0.717) is 0 Å². The SMILES string of the molecule is CCC1CCN(C2CCC(C)C2)CCCN1. The van der Waals surface area contributed by atoms with Crippen molar-refractivity contribution >= 4 is 0 Å². The van der Waals surface area contributed by atoms with Gasteiger partial charge in [-0.2, -0.15) is 0 Å². The minimum Gasteiger partial charge on any atom is -0.314 e. The van der Waals surface area contributed by atoms with Crippen LogP contribution >= 0.6 is 0 Å². The first-order valence-corrected chi connectivity index (χ1v) is 7.27. The minimum absolute atomic E-state index is 0.765. The predicted octanol–water partition coefficient (Wildman–Crippen LogP) is 2.64. The Kier molecular flexibility index (Phi) is 4.66. The summed E-state index contributed by atoms with van der Waals surface area (Å²) in [5.41, 5.74) is 0. The summed E-state index contributed by atoms with van der Waals surface area (Å²) in [5.74, 6) is 0.968. The third kappa shape index (κ3) is 3.21. The highest BCUT2D eigenvalue weighted by Gasteiger charge is 2.27. The van der Waals surface area contributed by atoms with Crippen LogP contribution in [0.4, 0.5) is 0 Å². The van der Waals surface area contributed by atoms with E-state index in [1.807, 2.05) is 0 Å². The molecule has 2 heteroatoms. The largest absolute Gasteiger partial charge is 0.314 e. The smallest absolute Gasteiger partial charge is 0.00979 e. The molecule has 0 aromatic rings. The lowest BCUT2D eigenvalue weighted by atomic mass is 10.1. The lowest BCUT2D eigenvalue weighted by molar-refractivity contribution is 0.169. The van der Waals surface area contributed by atoms with Gasteiger partial charge in [-0.1, -0.05) is 13.8 Å². The molecule has 0 bridgehead atoms. The summed E-state index contributed by atoms with van der Waals surface area (Å²) in [6.45, 7) is 8.59. The molecule has 2 aliphatic rings. The van der Waals surface area contributed by atoms with E-state index in [2.05, 4.69) is 24.1 Å². The summed E-state index contributed by atoms with van der Waals surface area (Å²) in [4.78, 5) is 2.78. The highest BCUT2D eigenvalue weighted by Crippen LogP contribution is 2.29. The van der Waals surface area contributed by atoms with E-state index in [1.165, 1.54) is 58.2 Å². The van der Waals surface area contributed by atoms with E-state index in [9.17, 15) is 0 Å². The van der Waals surface area contributed by atoms with Crippen LogP contribution in [0.5, 0.6) is 0 Å². The fraction of sp³-hybridized carbons (Fsp3) is 1.00. The Bertz CT molecular complexity index is 205. The van der Waals surface area contributed by atoms with Crippen LogP contribution in [0, 0.1) is 5.92 Å². The van der Waals surface area contributed by atoms with Gasteiger partial charge in [-0.25, -0.2) is 0 Å². The van der Waals surface area contributed by atoms with Crippen molar-refractivity contribution in [1.82, 2.24) is 10.2 Å². The van der Waals surface area contributed by atoms with Gasteiger partial charge in [0.05, 0.1) is 0 Å². The first-order valence-electron chi connectivity index (χ1n) is 7.27. The van der Waals surface area contributed by atoms with Crippen molar-refractivity contribution in [3.8, 4) is 0 Å². The molecule has 0 aromatic carbocycles. The molecule has 0 spiro atoms. The van der Waals surface area contributed by atoms with Crippen molar-refractivity contribution in [2.45, 2.75) is 64.5 Å². The van der Waals surface area contributed by atoms with Gasteiger partial charge in [0.25, 0.3) is 0 Å². The summed E-state index contributed by atoms with van der Waals surface area (Å²) in [6, 6.07) is 1.67. The molecule has 2 rings (SSSR count). The zero-order valence-electron chi connectivity index (χ0n) is 11.0. The van der Waals surface area contributed by atoms with E-state index in [1.54, 1.807) is 0 Å². The molecule has 94 valence electrons. The second-order valence-corrected chi connectivity index (χ2v) is 5.81. The Hall–Kier alpha value is -0.0800. The number of hydrogen-bond donors (Lipinski definition) is 1. The average molecular weight is 224 g/mol. The van der Waals surface area contributed by atoms with Crippen LogP contribution in [0.3, 0.4) is 0 Å². The van der Waals surface area contributed by atoms with E-state index in [4.69, 9.17) is 0 Å². The van der Waals surface area contributed by atoms with Gasteiger partial charge in [0.2, 0.25) is 0 Å². The Morgan fingerprint density at radius 2 is 2.06 bits per heavy atom. The van der Waals surface area contributed by atoms with Crippen LogP contribution in [0.25, 0.3) is 0 Å². The molecule has 2 nitrogen and oxygen atoms in total. The molecular weight excluding hydrogens is 196 g/mol. The van der Waals surface area contributed by atoms with Crippen molar-refractivity contribution in [3.63, 3.8) is 0 Å². The molecule has 0 amide bonds. The van der Waals surface area contributed by atoms with Crippen molar-refractivity contribution in [3.05, 3.63) is 0 Å². The van der Waals surface area contributed by atoms with Crippen molar-refractivity contribution in [1.29, 1.82) is 0 Å². The summed E-state index contributed by atoms with van der Waals surface area (Å²) in [5, 5.41) is 3.66. The molecule has 1 heterocycles. The molecule has 16 heavy (non-hydrogen) atoms. The lowest BCUT2D eigenvalue weighted by Crippen LogP contribution is -2.43. The van der Waals surface area contributed by atoms with Crippen LogP contribution in [-0.2, 0) is 0 Å². The minimum atomic E-state index is 0.765. The number of rotatable bonds is 2. The van der Waals surface area contributed by atoms with Crippen molar-refractivity contribution in [2.75, 3.05) is 19.6 Å². The third-order valence-electron chi connectivity index (χ3n) is 4.50. The molecule has 0 radical (unpaired) electrons. The Labute approximate surface area is 101 Å². The maximum atomic E-state index is 3.66. The van der Waals surface area contributed by atoms with E-state index in [0.717, 1.165) is 18.0 Å². The van der Waals surface area contributed by atoms with Gasteiger partial charge in [0.15, 0.2) is 0 Å². The molecule has 0 aromatic heterocycles. The summed E-state index contributed by atoms with van der Waals surface area (Å²) < 4.78 is 0. The van der Waals surface area contributed by atoms with Crippen LogP contribution in [0.2, 0.25) is 0 Å². The van der Waals surface area contributed by atoms with Crippen molar-refractivity contribution in [2.24, 2.45) is 5.92 Å². The van der Waals surface area contributed by atoms with Gasteiger partial charge in [-0.15, -0.1) is 0 Å². The Morgan fingerprint density at radius 1 is 1.19 bits per heavy atom. The first-order chi connectivity index (χ1) is 7.79. The number of nitrogens with one attached hydrogen (secondary N) is 1. The van der Waals surface area contributed by atoms with Crippen LogP contribution in [-0.4, -0.2) is 36.6 Å². The van der Waals surface area contributed by atoms with E-state index < -0.39 is 0 Å². The number of hydrogen-bond acceptors (Lipinski definition) is 2. The standard InChI is InChI=1S/C14H28N2/c1-3-13-7-10-16(9-4-8-15-13)14-6-5-12(2)11-14/h12-15H,3-11H2,1-2H3. The van der Waals surface area contributed by atoms with Gasteiger partial charge < -0.3 is 10.2 Å². The van der Waals surface area contributed by atoms with Crippen LogP contribution in [0.15, 0.2) is 0 Å². The monoisotopic (exact) mass is 224 g/mol. The first kappa shape index (κ1) is 12.4. The van der Waals surface area contributed by atoms with E-state index >= 15 is 0 Å². The molecule has 1 N–H and O–H groups in total. The molecular formula is C14H28N2. The van der Waals surface area contributed by atoms with Gasteiger partial charge >= 0.3 is 0 Å². The zero-order valence-corrected chi connectivity index (χ0v) is 11.0. The molecule has 1 saturated carbocycles. The quantitative estimate of drug-likeness (QED) is 0.776. The Balaban J connectivity index is 1.84. The second-order valence-electron chi connectivity index (χ2n) is 5.81. The fourth-order valence-electron chi connectivity index (χ4n) is 3.35. The molecule has 2 fully saturated rings. The van der Waals surface area contributed by atoms with Gasteiger partial charge in [-0.3, -0.25) is 0 Å². The normalized spacial score (nSPS) is 38.2. The van der Waals surface area contributed by atoms with Crippen molar-refractivity contribution < 1.29 is 0 Å². The second kappa shape index (κ2) is 6.02. The summed E-state index contributed by atoms with van der Waals surface area (Å²) in [6.07, 6.45) is 8.32. The van der Waals surface area contributed by atoms with Crippen LogP contribution in [0.1, 0.15) is 52.4 Å². The lowest BCUT2D eigenvalue weighted by Gasteiger charge is -2.33. The fourth-order valence-corrected chi connectivity index (χ4v) is 3.35. The molecule has 1 aliphatic carbocycles. The maximum Gasteiger partial charge on any atom is 0.00979 e. The molecule has 3 unspecified atom stereocenters. The van der Waals surface area contributed by atoms with E-state index in [-0.39, 0.29) is 0 Å². The highest BCUT2D eigenvalue weighted by atomic mass is 15.2. The number of nitrogens with zero attached hydrogens (tertiary/aromatic N) is 1. The van der Waals surface area contributed by atoms with Gasteiger partial charge in [-0.05, 0) is 64.1 Å². The average Bonchev–Trinajstić information content (AvgIpc) is 2.65. The van der Waals surface area contributed by atoms with Crippen LogP contribution < -0.4 is 5.32 Å². The van der Waals surface area contributed by atoms with Gasteiger partial charge in [0.1, 0.15) is 0 Å². The zero-order chi connectivity index (χ0) is 11.4. The van der Waals surface area contributed by atoms with Gasteiger partial charge in [0, 0.05) is 12.1 Å². The molecule has 3 atom stereocenters.